The zero-order valence-corrected chi connectivity index (χ0v) is 20.5. The maximum Gasteiger partial charge on any atom is 0.329 e. The predicted molar refractivity (Wildman–Crippen MR) is 129 cm³/mol. The normalized spacial score (nSPS) is 22.1. The van der Waals surface area contributed by atoms with Gasteiger partial charge in [-0.15, -0.1) is 0 Å². The first-order valence-corrected chi connectivity index (χ1v) is 12.0. The van der Waals surface area contributed by atoms with Crippen LogP contribution >= 0.6 is 15.9 Å². The number of carbonyl (C=O) groups is 1. The molecule has 4 nitrogen and oxygen atoms in total. The first-order valence-electron chi connectivity index (χ1n) is 11.2. The van der Waals surface area contributed by atoms with E-state index in [1.807, 2.05) is 48.5 Å². The molecule has 1 N–H and O–H groups in total. The Hall–Kier alpha value is -2.01. The Morgan fingerprint density at radius 1 is 1.13 bits per heavy atom. The fourth-order valence-corrected chi connectivity index (χ4v) is 4.75. The number of anilines is 1. The van der Waals surface area contributed by atoms with Gasteiger partial charge in [0.05, 0.1) is 12.8 Å². The monoisotopic (exact) mass is 487 g/mol. The molecule has 0 unspecified atom stereocenters. The highest BCUT2D eigenvalue weighted by molar-refractivity contribution is 9.10. The average molecular weight is 488 g/mol. The summed E-state index contributed by atoms with van der Waals surface area (Å²) in [6.45, 7) is 6.71. The molecule has 2 aromatic rings. The van der Waals surface area contributed by atoms with Crippen LogP contribution in [0.25, 0.3) is 0 Å². The SMILES string of the molecule is COc1ccccc1N[C@H](Cc1ccc(Br)cc1)C(=O)O[C@@H]1C[C@H](C)CC[C@H]1C(C)C. The molecule has 3 rings (SSSR count). The molecular formula is C26H34BrNO3. The number of halogens is 1. The van der Waals surface area contributed by atoms with Gasteiger partial charge in [0.2, 0.25) is 0 Å². The van der Waals surface area contributed by atoms with Gasteiger partial charge in [-0.25, -0.2) is 4.79 Å². The molecule has 0 aromatic heterocycles. The molecule has 1 saturated carbocycles. The van der Waals surface area contributed by atoms with Crippen LogP contribution in [-0.2, 0) is 16.0 Å². The quantitative estimate of drug-likeness (QED) is 0.432. The molecular weight excluding hydrogens is 454 g/mol. The number of hydrogen-bond donors (Lipinski definition) is 1. The lowest BCUT2D eigenvalue weighted by atomic mass is 9.75. The molecule has 4 atom stereocenters. The Morgan fingerprint density at radius 3 is 2.52 bits per heavy atom. The minimum Gasteiger partial charge on any atom is -0.495 e. The molecule has 2 aromatic carbocycles. The Labute approximate surface area is 194 Å². The summed E-state index contributed by atoms with van der Waals surface area (Å²) in [5.74, 6) is 2.01. The molecule has 168 valence electrons. The lowest BCUT2D eigenvalue weighted by Gasteiger charge is -2.37. The van der Waals surface area contributed by atoms with E-state index in [0.29, 0.717) is 29.9 Å². The van der Waals surface area contributed by atoms with Crippen molar-refractivity contribution in [2.75, 3.05) is 12.4 Å². The van der Waals surface area contributed by atoms with Gasteiger partial charge in [0.25, 0.3) is 0 Å². The molecule has 31 heavy (non-hydrogen) atoms. The van der Waals surface area contributed by atoms with Crippen LogP contribution < -0.4 is 10.1 Å². The van der Waals surface area contributed by atoms with Gasteiger partial charge in [-0.3, -0.25) is 0 Å². The van der Waals surface area contributed by atoms with Crippen LogP contribution in [0.1, 0.15) is 45.6 Å². The van der Waals surface area contributed by atoms with Crippen LogP contribution in [0.15, 0.2) is 53.0 Å². The fraction of sp³-hybridized carbons (Fsp3) is 0.500. The first-order chi connectivity index (χ1) is 14.9. The van der Waals surface area contributed by atoms with Gasteiger partial charge >= 0.3 is 5.97 Å². The highest BCUT2D eigenvalue weighted by Gasteiger charge is 2.35. The maximum absolute atomic E-state index is 13.4. The van der Waals surface area contributed by atoms with Gasteiger partial charge in [0.1, 0.15) is 17.9 Å². The second-order valence-electron chi connectivity index (χ2n) is 9.03. The predicted octanol–water partition coefficient (Wildman–Crippen LogP) is 6.48. The number of hydrogen-bond acceptors (Lipinski definition) is 4. The van der Waals surface area contributed by atoms with Crippen LogP contribution in [0.5, 0.6) is 5.75 Å². The highest BCUT2D eigenvalue weighted by Crippen LogP contribution is 2.36. The molecule has 0 aliphatic heterocycles. The van der Waals surface area contributed by atoms with Crippen LogP contribution in [0, 0.1) is 17.8 Å². The minimum absolute atomic E-state index is 0.0249. The number of benzene rings is 2. The number of methoxy groups -OCH3 is 1. The summed E-state index contributed by atoms with van der Waals surface area (Å²) in [5, 5.41) is 3.40. The van der Waals surface area contributed by atoms with E-state index in [4.69, 9.17) is 9.47 Å². The topological polar surface area (TPSA) is 47.6 Å². The number of carbonyl (C=O) groups excluding carboxylic acids is 1. The number of esters is 1. The summed E-state index contributed by atoms with van der Waals surface area (Å²) in [6, 6.07) is 15.2. The van der Waals surface area contributed by atoms with Crippen molar-refractivity contribution in [1.82, 2.24) is 0 Å². The molecule has 0 heterocycles. The van der Waals surface area contributed by atoms with Crippen LogP contribution in [0.2, 0.25) is 0 Å². The summed E-state index contributed by atoms with van der Waals surface area (Å²) < 4.78 is 12.7. The number of rotatable bonds is 8. The number of ether oxygens (including phenoxy) is 2. The average Bonchev–Trinajstić information content (AvgIpc) is 2.75. The summed E-state index contributed by atoms with van der Waals surface area (Å²) >= 11 is 3.48. The van der Waals surface area contributed by atoms with E-state index in [0.717, 1.165) is 28.6 Å². The fourth-order valence-electron chi connectivity index (χ4n) is 4.48. The van der Waals surface area contributed by atoms with Crippen molar-refractivity contribution in [2.24, 2.45) is 17.8 Å². The van der Waals surface area contributed by atoms with E-state index in [-0.39, 0.29) is 12.1 Å². The van der Waals surface area contributed by atoms with Crippen LogP contribution in [-0.4, -0.2) is 25.2 Å². The van der Waals surface area contributed by atoms with E-state index in [1.165, 1.54) is 6.42 Å². The molecule has 0 spiro atoms. The summed E-state index contributed by atoms with van der Waals surface area (Å²) in [7, 11) is 1.64. The maximum atomic E-state index is 13.4. The van der Waals surface area contributed by atoms with E-state index in [1.54, 1.807) is 7.11 Å². The second-order valence-corrected chi connectivity index (χ2v) is 9.94. The van der Waals surface area contributed by atoms with Gasteiger partial charge in [0.15, 0.2) is 0 Å². The lowest BCUT2D eigenvalue weighted by molar-refractivity contribution is -0.156. The summed E-state index contributed by atoms with van der Waals surface area (Å²) in [6.07, 6.45) is 3.78. The smallest absolute Gasteiger partial charge is 0.329 e. The zero-order chi connectivity index (χ0) is 22.4. The Morgan fingerprint density at radius 2 is 1.84 bits per heavy atom. The Kier molecular flexibility index (Phi) is 8.42. The standard InChI is InChI=1S/C26H34BrNO3/c1-17(2)21-14-9-18(3)15-25(21)31-26(29)23(16-19-10-12-20(27)13-11-19)28-22-7-5-6-8-24(22)30-4/h5-8,10-13,17-18,21,23,25,28H,9,14-16H2,1-4H3/t18-,21+,23-,25-/m1/s1. The summed E-state index contributed by atoms with van der Waals surface area (Å²) in [5.41, 5.74) is 1.87. The molecule has 0 bridgehead atoms. The van der Waals surface area contributed by atoms with Crippen LogP contribution in [0.4, 0.5) is 5.69 Å². The molecule has 1 aliphatic rings. The van der Waals surface area contributed by atoms with Gasteiger partial charge in [-0.05, 0) is 60.4 Å². The van der Waals surface area contributed by atoms with Crippen molar-refractivity contribution in [3.63, 3.8) is 0 Å². The van der Waals surface area contributed by atoms with E-state index in [2.05, 4.69) is 42.0 Å². The summed E-state index contributed by atoms with van der Waals surface area (Å²) in [4.78, 5) is 13.4. The molecule has 0 saturated heterocycles. The van der Waals surface area contributed by atoms with Crippen LogP contribution in [0.3, 0.4) is 0 Å². The minimum atomic E-state index is -0.498. The zero-order valence-electron chi connectivity index (χ0n) is 18.9. The molecule has 0 amide bonds. The third kappa shape index (κ3) is 6.49. The number of para-hydroxylation sites is 2. The largest absolute Gasteiger partial charge is 0.495 e. The highest BCUT2D eigenvalue weighted by atomic mass is 79.9. The first kappa shape index (κ1) is 23.6. The van der Waals surface area contributed by atoms with Crippen molar-refractivity contribution < 1.29 is 14.3 Å². The van der Waals surface area contributed by atoms with Crippen molar-refractivity contribution in [1.29, 1.82) is 0 Å². The second kappa shape index (κ2) is 11.0. The number of nitrogens with one attached hydrogen (secondary N) is 1. The van der Waals surface area contributed by atoms with Crippen molar-refractivity contribution in [3.8, 4) is 5.75 Å². The van der Waals surface area contributed by atoms with E-state index >= 15 is 0 Å². The third-order valence-corrected chi connectivity index (χ3v) is 6.83. The van der Waals surface area contributed by atoms with E-state index < -0.39 is 6.04 Å². The molecule has 0 radical (unpaired) electrons. The lowest BCUT2D eigenvalue weighted by Crippen LogP contribution is -2.41. The van der Waals surface area contributed by atoms with E-state index in [9.17, 15) is 4.79 Å². The van der Waals surface area contributed by atoms with Gasteiger partial charge in [-0.1, -0.05) is 67.4 Å². The molecule has 1 aliphatic carbocycles. The Bertz CT molecular complexity index is 852. The van der Waals surface area contributed by atoms with Crippen molar-refractivity contribution in [3.05, 3.63) is 58.6 Å². The van der Waals surface area contributed by atoms with Gasteiger partial charge < -0.3 is 14.8 Å². The Balaban J connectivity index is 1.81. The molecule has 5 heteroatoms. The van der Waals surface area contributed by atoms with Gasteiger partial charge in [-0.2, -0.15) is 0 Å². The third-order valence-electron chi connectivity index (χ3n) is 6.30. The molecule has 1 fully saturated rings. The van der Waals surface area contributed by atoms with Crippen molar-refractivity contribution in [2.45, 2.75) is 58.6 Å². The van der Waals surface area contributed by atoms with Gasteiger partial charge in [0, 0.05) is 10.9 Å². The van der Waals surface area contributed by atoms with Crippen molar-refractivity contribution >= 4 is 27.6 Å².